The Balaban J connectivity index is 1.65. The number of anilines is 1. The van der Waals surface area contributed by atoms with E-state index in [0.29, 0.717) is 6.04 Å². The van der Waals surface area contributed by atoms with Crippen LogP contribution in [0.1, 0.15) is 33.1 Å². The molecule has 0 spiro atoms. The first-order valence-corrected chi connectivity index (χ1v) is 7.40. The fourth-order valence-electron chi connectivity index (χ4n) is 2.67. The maximum absolute atomic E-state index is 5.88. The van der Waals surface area contributed by atoms with Crippen LogP contribution in [0.3, 0.4) is 0 Å². The quantitative estimate of drug-likeness (QED) is 0.935. The molecular weight excluding hydrogens is 266 g/mol. The van der Waals surface area contributed by atoms with Crippen LogP contribution in [-0.4, -0.2) is 38.0 Å². The molecule has 3 heterocycles. The number of ether oxygens (including phenoxy) is 1. The van der Waals surface area contributed by atoms with Crippen molar-refractivity contribution < 1.29 is 4.74 Å². The maximum atomic E-state index is 5.88. The highest BCUT2D eigenvalue weighted by atomic mass is 16.5. The first kappa shape index (κ1) is 14.0. The number of aromatic nitrogens is 4. The molecule has 1 saturated heterocycles. The van der Waals surface area contributed by atoms with Crippen LogP contribution in [0.4, 0.5) is 5.69 Å². The molecule has 112 valence electrons. The van der Waals surface area contributed by atoms with Crippen LogP contribution in [0.15, 0.2) is 31.0 Å². The third kappa shape index (κ3) is 3.21. The van der Waals surface area contributed by atoms with E-state index in [9.17, 15) is 0 Å². The third-order valence-corrected chi connectivity index (χ3v) is 4.12. The van der Waals surface area contributed by atoms with Crippen molar-refractivity contribution in [3.05, 3.63) is 31.0 Å². The second-order valence-corrected chi connectivity index (χ2v) is 5.73. The first-order chi connectivity index (χ1) is 10.2. The van der Waals surface area contributed by atoms with Crippen LogP contribution < -0.4 is 5.32 Å². The van der Waals surface area contributed by atoms with E-state index in [2.05, 4.69) is 34.2 Å². The molecule has 0 radical (unpaired) electrons. The summed E-state index contributed by atoms with van der Waals surface area (Å²) in [5.41, 5.74) is 1.02. The molecule has 1 aliphatic heterocycles. The van der Waals surface area contributed by atoms with Gasteiger partial charge in [0.2, 0.25) is 0 Å². The SMILES string of the molecule is CCC1(C)CC(Nc2ccc(-n3cncn3)nc2)CCO1. The fraction of sp³-hybridized carbons (Fsp3) is 0.533. The highest BCUT2D eigenvalue weighted by Crippen LogP contribution is 2.29. The lowest BCUT2D eigenvalue weighted by atomic mass is 9.90. The summed E-state index contributed by atoms with van der Waals surface area (Å²) in [6, 6.07) is 4.40. The predicted molar refractivity (Wildman–Crippen MR) is 80.4 cm³/mol. The molecule has 1 N–H and O–H groups in total. The van der Waals surface area contributed by atoms with E-state index >= 15 is 0 Å². The van der Waals surface area contributed by atoms with Gasteiger partial charge in [0.1, 0.15) is 12.7 Å². The van der Waals surface area contributed by atoms with Gasteiger partial charge in [0.25, 0.3) is 0 Å². The average molecular weight is 287 g/mol. The minimum absolute atomic E-state index is 0.00990. The molecule has 6 nitrogen and oxygen atoms in total. The van der Waals surface area contributed by atoms with Crippen molar-refractivity contribution in [3.8, 4) is 5.82 Å². The number of rotatable bonds is 4. The molecule has 21 heavy (non-hydrogen) atoms. The molecule has 2 aromatic heterocycles. The van der Waals surface area contributed by atoms with E-state index < -0.39 is 0 Å². The minimum Gasteiger partial charge on any atom is -0.381 e. The summed E-state index contributed by atoms with van der Waals surface area (Å²) >= 11 is 0. The molecule has 1 aliphatic rings. The van der Waals surface area contributed by atoms with Gasteiger partial charge in [-0.25, -0.2) is 14.6 Å². The van der Waals surface area contributed by atoms with Crippen LogP contribution >= 0.6 is 0 Å². The van der Waals surface area contributed by atoms with E-state index in [0.717, 1.165) is 37.4 Å². The van der Waals surface area contributed by atoms with Gasteiger partial charge >= 0.3 is 0 Å². The number of nitrogens with zero attached hydrogens (tertiary/aromatic N) is 4. The molecule has 0 aliphatic carbocycles. The highest BCUT2D eigenvalue weighted by molar-refractivity contribution is 5.44. The lowest BCUT2D eigenvalue weighted by Gasteiger charge is -2.38. The zero-order chi connectivity index (χ0) is 14.7. The van der Waals surface area contributed by atoms with Crippen molar-refractivity contribution >= 4 is 5.69 Å². The number of hydrogen-bond donors (Lipinski definition) is 1. The second-order valence-electron chi connectivity index (χ2n) is 5.73. The summed E-state index contributed by atoms with van der Waals surface area (Å²) in [7, 11) is 0. The summed E-state index contributed by atoms with van der Waals surface area (Å²) < 4.78 is 7.52. The number of hydrogen-bond acceptors (Lipinski definition) is 5. The van der Waals surface area contributed by atoms with Crippen molar-refractivity contribution in [2.24, 2.45) is 0 Å². The zero-order valence-electron chi connectivity index (χ0n) is 12.5. The topological polar surface area (TPSA) is 64.9 Å². The molecule has 0 amide bonds. The smallest absolute Gasteiger partial charge is 0.155 e. The zero-order valence-corrected chi connectivity index (χ0v) is 12.5. The Kier molecular flexibility index (Phi) is 3.88. The Morgan fingerprint density at radius 2 is 2.38 bits per heavy atom. The minimum atomic E-state index is -0.00990. The van der Waals surface area contributed by atoms with Crippen molar-refractivity contribution in [2.45, 2.75) is 44.8 Å². The van der Waals surface area contributed by atoms with Gasteiger partial charge in [0.05, 0.1) is 17.5 Å². The Bertz CT molecular complexity index is 568. The van der Waals surface area contributed by atoms with Crippen molar-refractivity contribution in [3.63, 3.8) is 0 Å². The largest absolute Gasteiger partial charge is 0.381 e. The van der Waals surface area contributed by atoms with Gasteiger partial charge in [-0.2, -0.15) is 5.10 Å². The van der Waals surface area contributed by atoms with Crippen molar-refractivity contribution in [1.82, 2.24) is 19.7 Å². The third-order valence-electron chi connectivity index (χ3n) is 4.12. The molecule has 0 saturated carbocycles. The van der Waals surface area contributed by atoms with Gasteiger partial charge in [-0.15, -0.1) is 0 Å². The summed E-state index contributed by atoms with van der Waals surface area (Å²) in [5.74, 6) is 0.767. The van der Waals surface area contributed by atoms with Gasteiger partial charge in [0.15, 0.2) is 5.82 Å². The van der Waals surface area contributed by atoms with Crippen LogP contribution in [-0.2, 0) is 4.74 Å². The van der Waals surface area contributed by atoms with Gasteiger partial charge in [-0.05, 0) is 38.3 Å². The molecule has 0 bridgehead atoms. The van der Waals surface area contributed by atoms with Gasteiger partial charge in [-0.3, -0.25) is 0 Å². The number of pyridine rings is 1. The standard InChI is InChI=1S/C15H21N5O/c1-3-15(2)8-12(6-7-21-15)19-13-4-5-14(17-9-13)20-11-16-10-18-20/h4-5,9-12,19H,3,6-8H2,1-2H3. The van der Waals surface area contributed by atoms with Crippen LogP contribution in [0.5, 0.6) is 0 Å². The second kappa shape index (κ2) is 5.81. The number of nitrogens with one attached hydrogen (secondary N) is 1. The molecule has 3 rings (SSSR count). The van der Waals surface area contributed by atoms with Crippen molar-refractivity contribution in [1.29, 1.82) is 0 Å². The first-order valence-electron chi connectivity index (χ1n) is 7.40. The van der Waals surface area contributed by atoms with Crippen LogP contribution in [0, 0.1) is 0 Å². The molecule has 1 fully saturated rings. The Labute approximate surface area is 124 Å². The maximum Gasteiger partial charge on any atom is 0.155 e. The molecule has 2 unspecified atom stereocenters. The van der Waals surface area contributed by atoms with E-state index in [1.54, 1.807) is 11.0 Å². The van der Waals surface area contributed by atoms with Gasteiger partial charge < -0.3 is 10.1 Å². The molecule has 6 heteroatoms. The average Bonchev–Trinajstić information content (AvgIpc) is 3.02. The van der Waals surface area contributed by atoms with Crippen molar-refractivity contribution in [2.75, 3.05) is 11.9 Å². The van der Waals surface area contributed by atoms with Gasteiger partial charge in [-0.1, -0.05) is 6.92 Å². The van der Waals surface area contributed by atoms with E-state index in [-0.39, 0.29) is 5.60 Å². The summed E-state index contributed by atoms with van der Waals surface area (Å²) in [4.78, 5) is 8.33. The monoisotopic (exact) mass is 287 g/mol. The van der Waals surface area contributed by atoms with Gasteiger partial charge in [0, 0.05) is 12.6 Å². The lowest BCUT2D eigenvalue weighted by molar-refractivity contribution is -0.0708. The normalized spacial score (nSPS) is 25.7. The van der Waals surface area contributed by atoms with E-state index in [1.165, 1.54) is 6.33 Å². The predicted octanol–water partition coefficient (Wildman–Crippen LogP) is 2.42. The Morgan fingerprint density at radius 1 is 1.48 bits per heavy atom. The summed E-state index contributed by atoms with van der Waals surface area (Å²) in [5, 5.41) is 7.62. The molecular formula is C15H21N5O. The Hall–Kier alpha value is -1.95. The van der Waals surface area contributed by atoms with Crippen LogP contribution in [0.25, 0.3) is 5.82 Å². The fourth-order valence-corrected chi connectivity index (χ4v) is 2.67. The lowest BCUT2D eigenvalue weighted by Crippen LogP contribution is -2.41. The highest BCUT2D eigenvalue weighted by Gasteiger charge is 2.31. The van der Waals surface area contributed by atoms with E-state index in [4.69, 9.17) is 4.74 Å². The Morgan fingerprint density at radius 3 is 3.05 bits per heavy atom. The van der Waals surface area contributed by atoms with Crippen LogP contribution in [0.2, 0.25) is 0 Å². The summed E-state index contributed by atoms with van der Waals surface area (Å²) in [6.45, 7) is 5.18. The molecule has 2 aromatic rings. The molecule has 0 aromatic carbocycles. The van der Waals surface area contributed by atoms with E-state index in [1.807, 2.05) is 18.3 Å². The summed E-state index contributed by atoms with van der Waals surface area (Å²) in [6.07, 6.45) is 8.07. The molecule has 2 atom stereocenters.